The molecule has 0 fully saturated rings. The van der Waals surface area contributed by atoms with E-state index < -0.39 is 111 Å². The van der Waals surface area contributed by atoms with Crippen LogP contribution in [-0.4, -0.2) is 84.6 Å². The normalized spacial score (nSPS) is 20.2. The molecule has 0 spiro atoms. The predicted octanol–water partition coefficient (Wildman–Crippen LogP) is 3.68. The molecule has 2 aliphatic heterocycles. The molecule has 0 saturated heterocycles. The van der Waals surface area contributed by atoms with Gasteiger partial charge in [-0.05, 0) is 42.0 Å². The van der Waals surface area contributed by atoms with Gasteiger partial charge < -0.3 is 80.6 Å². The number of aliphatic hydroxyl groups is 1. The Labute approximate surface area is 302 Å². The van der Waals surface area contributed by atoms with Gasteiger partial charge in [0.05, 0.1) is 17.6 Å². The number of fused-ring (bicyclic) bond motifs is 2. The average molecular weight is 747 g/mol. The maximum Gasteiger partial charge on any atom is 0.338 e. The summed E-state index contributed by atoms with van der Waals surface area (Å²) in [6.45, 7) is 0. The van der Waals surface area contributed by atoms with Gasteiger partial charge in [-0.2, -0.15) is 0 Å². The fraction of sp³-hybridized carbons (Fsp3) is 0.162. The van der Waals surface area contributed by atoms with Crippen molar-refractivity contribution >= 4 is 5.97 Å². The van der Waals surface area contributed by atoms with E-state index >= 15 is 0 Å². The van der Waals surface area contributed by atoms with Gasteiger partial charge in [-0.1, -0.05) is 6.07 Å². The van der Waals surface area contributed by atoms with Crippen LogP contribution < -0.4 is 9.47 Å². The first kappa shape index (κ1) is 35.1. The number of benzene rings is 5. The molecule has 0 bridgehead atoms. The quantitative estimate of drug-likeness (QED) is 0.0901. The highest BCUT2D eigenvalue weighted by Crippen LogP contribution is 2.58. The highest BCUT2D eigenvalue weighted by atomic mass is 16.6. The van der Waals surface area contributed by atoms with Crippen LogP contribution in [0.4, 0.5) is 0 Å². The zero-order valence-electron chi connectivity index (χ0n) is 27.3. The second-order valence-corrected chi connectivity index (χ2v) is 12.7. The van der Waals surface area contributed by atoms with Crippen LogP contribution in [0.2, 0.25) is 0 Å². The van der Waals surface area contributed by atoms with Gasteiger partial charge in [0.15, 0.2) is 58.2 Å². The van der Waals surface area contributed by atoms with E-state index in [1.807, 2.05) is 0 Å². The molecule has 5 aromatic carbocycles. The molecule has 1 unspecified atom stereocenters. The topological polar surface area (TPSA) is 308 Å². The molecular formula is C37H30O17. The predicted molar refractivity (Wildman–Crippen MR) is 180 cm³/mol. The number of ether oxygens (including phenoxy) is 3. The molecule has 7 rings (SSSR count). The Balaban J connectivity index is 1.49. The summed E-state index contributed by atoms with van der Waals surface area (Å²) in [5.41, 5.74) is -1.20. The monoisotopic (exact) mass is 746 g/mol. The van der Waals surface area contributed by atoms with Crippen molar-refractivity contribution in [3.63, 3.8) is 0 Å². The number of aliphatic hydroxyl groups excluding tert-OH is 1. The molecule has 0 aliphatic carbocycles. The average Bonchev–Trinajstić information content (AvgIpc) is 3.10. The number of carbonyl (C=O) groups excluding carboxylic acids is 1. The summed E-state index contributed by atoms with van der Waals surface area (Å²) in [4.78, 5) is 13.9. The van der Waals surface area contributed by atoms with Crippen LogP contribution in [0.1, 0.15) is 56.3 Å². The number of carbonyl (C=O) groups is 1. The summed E-state index contributed by atoms with van der Waals surface area (Å²) in [6, 6.07) is 9.83. The molecule has 0 aromatic heterocycles. The lowest BCUT2D eigenvalue weighted by Crippen LogP contribution is -2.39. The van der Waals surface area contributed by atoms with Gasteiger partial charge in [0.1, 0.15) is 40.6 Å². The fourth-order valence-corrected chi connectivity index (χ4v) is 6.80. The Hall–Kier alpha value is -7.27. The molecule has 17 heteroatoms. The number of esters is 1. The van der Waals surface area contributed by atoms with Crippen LogP contribution in [0, 0.1) is 0 Å². The minimum atomic E-state index is -1.84. The third-order valence-electron chi connectivity index (χ3n) is 9.29. The maximum absolute atomic E-state index is 13.9. The smallest absolute Gasteiger partial charge is 0.338 e. The Morgan fingerprint density at radius 1 is 0.574 bits per heavy atom. The lowest BCUT2D eigenvalue weighted by atomic mass is 9.77. The first-order valence-electron chi connectivity index (χ1n) is 15.9. The summed E-state index contributed by atoms with van der Waals surface area (Å²) in [5, 5.41) is 137. The SMILES string of the molecule is O=C(OC1[C@H](c2c(O)cc(O)c3c2O[C@H](c2ccc(O)c(O)c2)[C@@H](O)C3)c2c(O)cc(O)cc2O[C@@H]1c1cc(O)c(O)c(O)c1)c1cc(O)c(O)c(O)c1. The van der Waals surface area contributed by atoms with Gasteiger partial charge in [0.2, 0.25) is 0 Å². The number of hydrogen-bond acceptors (Lipinski definition) is 17. The first-order chi connectivity index (χ1) is 25.5. The van der Waals surface area contributed by atoms with Gasteiger partial charge >= 0.3 is 5.97 Å². The van der Waals surface area contributed by atoms with E-state index in [4.69, 9.17) is 14.2 Å². The highest BCUT2D eigenvalue weighted by Gasteiger charge is 2.49. The van der Waals surface area contributed by atoms with E-state index in [1.165, 1.54) is 6.07 Å². The van der Waals surface area contributed by atoms with Crippen LogP contribution in [0.15, 0.2) is 60.7 Å². The second kappa shape index (κ2) is 12.7. The van der Waals surface area contributed by atoms with Crippen molar-refractivity contribution in [1.29, 1.82) is 0 Å². The molecular weight excluding hydrogens is 716 g/mol. The van der Waals surface area contributed by atoms with E-state index in [1.54, 1.807) is 0 Å². The van der Waals surface area contributed by atoms with E-state index in [9.17, 15) is 71.2 Å². The number of phenols is 12. The molecule has 0 amide bonds. The zero-order valence-corrected chi connectivity index (χ0v) is 27.3. The molecule has 5 aromatic rings. The third-order valence-corrected chi connectivity index (χ3v) is 9.29. The van der Waals surface area contributed by atoms with Gasteiger partial charge in [-0.3, -0.25) is 0 Å². The molecule has 17 nitrogen and oxygen atoms in total. The number of rotatable bonds is 5. The van der Waals surface area contributed by atoms with Gasteiger partial charge in [0.25, 0.3) is 0 Å². The van der Waals surface area contributed by atoms with Crippen molar-refractivity contribution in [3.05, 3.63) is 94.0 Å². The summed E-state index contributed by atoms with van der Waals surface area (Å²) in [7, 11) is 0. The molecule has 280 valence electrons. The Kier molecular flexibility index (Phi) is 8.29. The van der Waals surface area contributed by atoms with Crippen LogP contribution in [0.3, 0.4) is 0 Å². The first-order valence-corrected chi connectivity index (χ1v) is 15.9. The minimum Gasteiger partial charge on any atom is -0.508 e. The lowest BCUT2D eigenvalue weighted by molar-refractivity contribution is -0.0286. The van der Waals surface area contributed by atoms with E-state index in [0.29, 0.717) is 0 Å². The van der Waals surface area contributed by atoms with Crippen LogP contribution >= 0.6 is 0 Å². The van der Waals surface area contributed by atoms with Gasteiger partial charge in [0, 0.05) is 46.9 Å². The fourth-order valence-electron chi connectivity index (χ4n) is 6.80. The molecule has 5 atom stereocenters. The summed E-state index contributed by atoms with van der Waals surface area (Å²) >= 11 is 0. The molecule has 13 N–H and O–H groups in total. The van der Waals surface area contributed by atoms with Gasteiger partial charge in [-0.15, -0.1) is 0 Å². The van der Waals surface area contributed by atoms with Crippen molar-refractivity contribution in [2.45, 2.75) is 36.8 Å². The highest BCUT2D eigenvalue weighted by molar-refractivity contribution is 5.91. The Bertz CT molecular complexity index is 2310. The molecule has 2 heterocycles. The summed E-state index contributed by atoms with van der Waals surface area (Å²) < 4.78 is 18.3. The second-order valence-electron chi connectivity index (χ2n) is 12.7. The van der Waals surface area contributed by atoms with Crippen molar-refractivity contribution in [2.24, 2.45) is 0 Å². The Morgan fingerprint density at radius 2 is 1.17 bits per heavy atom. The summed E-state index contributed by atoms with van der Waals surface area (Å²) in [6.07, 6.45) is -6.57. The van der Waals surface area contributed by atoms with Crippen molar-refractivity contribution in [3.8, 4) is 80.5 Å². The van der Waals surface area contributed by atoms with Gasteiger partial charge in [-0.25, -0.2) is 4.79 Å². The number of aromatic hydroxyl groups is 12. The molecule has 0 saturated carbocycles. The van der Waals surface area contributed by atoms with E-state index in [-0.39, 0.29) is 45.7 Å². The van der Waals surface area contributed by atoms with Crippen molar-refractivity contribution < 1.29 is 85.4 Å². The maximum atomic E-state index is 13.9. The molecule has 54 heavy (non-hydrogen) atoms. The largest absolute Gasteiger partial charge is 0.508 e. The zero-order chi connectivity index (χ0) is 38.9. The van der Waals surface area contributed by atoms with Crippen LogP contribution in [0.5, 0.6) is 80.5 Å². The van der Waals surface area contributed by atoms with Crippen molar-refractivity contribution in [2.75, 3.05) is 0 Å². The van der Waals surface area contributed by atoms with Crippen LogP contribution in [0.25, 0.3) is 0 Å². The van der Waals surface area contributed by atoms with Crippen LogP contribution in [-0.2, 0) is 11.2 Å². The van der Waals surface area contributed by atoms with E-state index in [2.05, 4.69) is 0 Å². The van der Waals surface area contributed by atoms with E-state index in [0.717, 1.165) is 54.6 Å². The third kappa shape index (κ3) is 5.77. The molecule has 2 aliphatic rings. The molecule has 0 radical (unpaired) electrons. The minimum absolute atomic E-state index is 0.0733. The summed E-state index contributed by atoms with van der Waals surface area (Å²) in [5.74, 6) is -12.5. The standard InChI is InChI=1S/C37H30O17/c38-15-8-20(42)28-27(9-15)52-34(13-4-22(44)31(49)23(45)5-13)36(54-37(51)14-6-24(46)32(50)25(47)7-14)30(28)29-21(43)11-18(40)16-10-26(48)33(53-35(16)29)12-1-2-17(39)19(41)3-12/h1-9,11,26,30,33-34,36,38-50H,10H2/t26-,30-,33+,34+,36?/m0/s1. The lowest BCUT2D eigenvalue weighted by Gasteiger charge is -2.41. The Morgan fingerprint density at radius 3 is 1.80 bits per heavy atom. The number of phenolic OH excluding ortho intramolecular Hbond substituents is 12. The number of hydrogen-bond donors (Lipinski definition) is 13. The van der Waals surface area contributed by atoms with Crippen molar-refractivity contribution in [1.82, 2.24) is 0 Å².